The first-order valence-corrected chi connectivity index (χ1v) is 2.06. The normalized spacial score (nSPS) is 57.1. The van der Waals surface area contributed by atoms with Crippen molar-refractivity contribution in [1.82, 2.24) is 5.31 Å². The van der Waals surface area contributed by atoms with E-state index in [9.17, 15) is 9.59 Å². The number of aliphatic carboxylic acids is 1. The van der Waals surface area contributed by atoms with Crippen LogP contribution in [0.1, 0.15) is 19.6 Å². The molecule has 1 saturated heterocycles. The van der Waals surface area contributed by atoms with E-state index in [-0.39, 0.29) is 0 Å². The van der Waals surface area contributed by atoms with Crippen LogP contribution in [0, 0.1) is 0 Å². The molecule has 0 aliphatic carbocycles. The number of nitrogens with one attached hydrogen (secondary N) is 1. The van der Waals surface area contributed by atoms with Gasteiger partial charge in [0, 0.05) is 11.9 Å². The van der Waals surface area contributed by atoms with Crippen LogP contribution in [0.25, 0.3) is 1.43 Å². The highest BCUT2D eigenvalue weighted by molar-refractivity contribution is 5.87. The quantitative estimate of drug-likeness (QED) is 0.503. The van der Waals surface area contributed by atoms with Gasteiger partial charge in [0.15, 0.2) is 1.41 Å². The van der Waals surface area contributed by atoms with Crippen molar-refractivity contribution in [3.63, 3.8) is 0 Å². The van der Waals surface area contributed by atoms with Gasteiger partial charge in [-0.3, -0.25) is 4.79 Å². The van der Waals surface area contributed by atoms with Crippen LogP contribution in [-0.4, -0.2) is 23.0 Å². The SMILES string of the molecule is [2H]OC(=O)C1([2H])N([2H])C(=O)C([2H])([2H])C1([2H])[2H]. The van der Waals surface area contributed by atoms with Crippen LogP contribution < -0.4 is 5.31 Å². The van der Waals surface area contributed by atoms with E-state index in [4.69, 9.17) is 9.70 Å². The van der Waals surface area contributed by atoms with Gasteiger partial charge in [-0.05, 0) is 6.37 Å². The molecule has 9 heavy (non-hydrogen) atoms. The molecule has 1 rings (SSSR count). The molecule has 0 radical (unpaired) electrons. The van der Waals surface area contributed by atoms with Crippen LogP contribution in [0.3, 0.4) is 0 Å². The van der Waals surface area contributed by atoms with E-state index in [0.717, 1.165) is 0 Å². The maximum Gasteiger partial charge on any atom is 0.326 e. The summed E-state index contributed by atoms with van der Waals surface area (Å²) in [6, 6.07) is -3.23. The van der Waals surface area contributed by atoms with Crippen LogP contribution in [0.5, 0.6) is 0 Å². The van der Waals surface area contributed by atoms with Crippen molar-refractivity contribution in [2.75, 3.05) is 0 Å². The Balaban J connectivity index is 3.42. The minimum absolute atomic E-state index is 0.441. The molecule has 0 saturated carbocycles. The Morgan fingerprint density at radius 1 is 2.33 bits per heavy atom. The second-order valence-corrected chi connectivity index (χ2v) is 1.30. The summed E-state index contributed by atoms with van der Waals surface area (Å²) in [5.41, 5.74) is 0. The molecule has 50 valence electrons. The van der Waals surface area contributed by atoms with Gasteiger partial charge in [-0.2, -0.15) is 0 Å². The smallest absolute Gasteiger partial charge is 0.326 e. The molecule has 0 aromatic carbocycles. The van der Waals surface area contributed by atoms with Crippen molar-refractivity contribution < 1.29 is 23.0 Å². The van der Waals surface area contributed by atoms with Crippen LogP contribution in [0.15, 0.2) is 0 Å². The highest BCUT2D eigenvalue weighted by atomic mass is 16.4. The van der Waals surface area contributed by atoms with Crippen LogP contribution in [0.4, 0.5) is 0 Å². The first-order valence-electron chi connectivity index (χ1n) is 5.42. The van der Waals surface area contributed by atoms with E-state index in [1.165, 1.54) is 0 Å². The third-order valence-electron chi connectivity index (χ3n) is 0.695. The van der Waals surface area contributed by atoms with E-state index < -0.39 is 36.0 Å². The molecular formula is C5H7NO3. The number of amides is 1. The largest absolute Gasteiger partial charge is 0.480 e. The van der Waals surface area contributed by atoms with Gasteiger partial charge in [-0.1, -0.05) is 0 Å². The average molecular weight is 136 g/mol. The molecule has 0 bridgehead atoms. The van der Waals surface area contributed by atoms with Gasteiger partial charge >= 0.3 is 5.97 Å². The fourth-order valence-electron chi connectivity index (χ4n) is 0.367. The molecule has 1 aliphatic rings. The maximum absolute atomic E-state index is 11.2. The molecule has 0 aromatic heterocycles. The highest BCUT2D eigenvalue weighted by Crippen LogP contribution is 2.05. The van der Waals surface area contributed by atoms with Crippen molar-refractivity contribution in [2.45, 2.75) is 18.8 Å². The Kier molecular flexibility index (Phi) is 0.389. The molecule has 1 unspecified atom stereocenters. The molecule has 1 fully saturated rings. The van der Waals surface area contributed by atoms with Crippen molar-refractivity contribution in [2.24, 2.45) is 0 Å². The summed E-state index contributed by atoms with van der Waals surface area (Å²) in [4.78, 5) is 22.3. The number of carboxylic acids is 1. The molecule has 4 nitrogen and oxygen atoms in total. The summed E-state index contributed by atoms with van der Waals surface area (Å²) in [7, 11) is 0. The van der Waals surface area contributed by atoms with E-state index in [1.54, 1.807) is 0 Å². The fourth-order valence-corrected chi connectivity index (χ4v) is 0.367. The van der Waals surface area contributed by atoms with Gasteiger partial charge < -0.3 is 10.4 Å². The molecule has 1 amide bonds. The summed E-state index contributed by atoms with van der Waals surface area (Å²) in [5.74, 6) is -3.50. The van der Waals surface area contributed by atoms with Crippen molar-refractivity contribution in [1.29, 1.82) is 1.43 Å². The third-order valence-corrected chi connectivity index (χ3v) is 0.695. The highest BCUT2D eigenvalue weighted by Gasteiger charge is 2.26. The minimum Gasteiger partial charge on any atom is -0.480 e. The summed E-state index contributed by atoms with van der Waals surface area (Å²) in [6.07, 6.45) is -6.50. The lowest BCUT2D eigenvalue weighted by Gasteiger charge is -1.99. The molecule has 2 N–H and O–H groups in total. The first kappa shape index (κ1) is 1.71. The number of carbonyl (C=O) groups is 2. The summed E-state index contributed by atoms with van der Waals surface area (Å²) >= 11 is 0. The third kappa shape index (κ3) is 1.19. The van der Waals surface area contributed by atoms with Gasteiger partial charge in [0.05, 0.1) is 1.37 Å². The average Bonchev–Trinajstić information content (AvgIpc) is 2.30. The molecular weight excluding hydrogens is 122 g/mol. The van der Waals surface area contributed by atoms with Gasteiger partial charge in [0.1, 0.15) is 6.02 Å². The summed E-state index contributed by atoms with van der Waals surface area (Å²) in [5, 5.41) is 2.95. The number of hydrogen-bond acceptors (Lipinski definition) is 3. The number of rotatable bonds is 1. The first-order chi connectivity index (χ1) is 7.05. The van der Waals surface area contributed by atoms with Crippen molar-refractivity contribution in [3.05, 3.63) is 0 Å². The molecule has 1 heterocycles. The Labute approximate surface area is 61.8 Å². The lowest BCUT2D eigenvalue weighted by Crippen LogP contribution is -2.32. The van der Waals surface area contributed by atoms with Crippen LogP contribution >= 0.6 is 0 Å². The van der Waals surface area contributed by atoms with Gasteiger partial charge in [0.2, 0.25) is 5.91 Å². The van der Waals surface area contributed by atoms with Gasteiger partial charge in [0.25, 0.3) is 1.43 Å². The lowest BCUT2D eigenvalue weighted by atomic mass is 10.2. The van der Waals surface area contributed by atoms with Crippen LogP contribution in [0.2, 0.25) is 1.41 Å². The van der Waals surface area contributed by atoms with Gasteiger partial charge in [-0.15, -0.1) is 0 Å². The second-order valence-electron chi connectivity index (χ2n) is 1.30. The van der Waals surface area contributed by atoms with E-state index in [1.807, 2.05) is 0 Å². The Bertz CT molecular complexity index is 358. The van der Waals surface area contributed by atoms with E-state index >= 15 is 0 Å². The standard InChI is InChI=1S/C5H7NO3/c7-4-2-1-3(6-4)5(8)9/h3H,1-2H2,(H,6,7)(H,8,9)/i1D2,2D2,3D/hD2. The molecule has 1 atom stereocenters. The Morgan fingerprint density at radius 2 is 3.11 bits per heavy atom. The predicted molar refractivity (Wildman–Crippen MR) is 28.8 cm³/mol. The summed E-state index contributed by atoms with van der Waals surface area (Å²) < 4.78 is 49.6. The predicted octanol–water partition coefficient (Wildman–Crippen LogP) is -0.650. The zero-order valence-electron chi connectivity index (χ0n) is 11.2. The van der Waals surface area contributed by atoms with Crippen molar-refractivity contribution >= 4 is 11.9 Å². The maximum atomic E-state index is 11.2. The summed E-state index contributed by atoms with van der Waals surface area (Å²) in [6.45, 7) is 0. The Hall–Kier alpha value is -1.06. The topological polar surface area (TPSA) is 66.4 Å². The monoisotopic (exact) mass is 136 g/mol. The van der Waals surface area contributed by atoms with Crippen LogP contribution in [-0.2, 0) is 9.59 Å². The Morgan fingerprint density at radius 3 is 3.56 bits per heavy atom. The lowest BCUT2D eigenvalue weighted by molar-refractivity contribution is -0.140. The second kappa shape index (κ2) is 2.05. The molecule has 4 heteroatoms. The number of carboxylic acid groups (broad SMARTS) is 1. The number of hydrogen-bond donors (Lipinski definition) is 2. The van der Waals surface area contributed by atoms with E-state index in [2.05, 4.69) is 5.11 Å². The van der Waals surface area contributed by atoms with Crippen molar-refractivity contribution in [3.8, 4) is 0 Å². The van der Waals surface area contributed by atoms with E-state index in [0.29, 0.717) is 0 Å². The molecule has 0 spiro atoms. The molecule has 0 aromatic rings. The minimum atomic E-state index is -3.29. The fraction of sp³-hybridized carbons (Fsp3) is 0.600. The number of carbonyl (C=O) groups excluding carboxylic acids is 1. The zero-order valence-corrected chi connectivity index (χ0v) is 4.17. The molecule has 1 aliphatic heterocycles. The zero-order chi connectivity index (χ0) is 12.9. The van der Waals surface area contributed by atoms with Gasteiger partial charge in [-0.25, -0.2) is 4.79 Å².